The van der Waals surface area contributed by atoms with Crippen LogP contribution in [0.1, 0.15) is 13.8 Å². The first-order chi connectivity index (χ1) is 5.46. The summed E-state index contributed by atoms with van der Waals surface area (Å²) in [4.78, 5) is 1.53. The first-order valence-corrected chi connectivity index (χ1v) is 4.58. The normalized spacial score (nSPS) is 31.2. The van der Waals surface area contributed by atoms with Crippen molar-refractivity contribution in [3.63, 3.8) is 0 Å². The van der Waals surface area contributed by atoms with E-state index in [1.807, 2.05) is 13.8 Å². The predicted molar refractivity (Wildman–Crippen MR) is 59.2 cm³/mol. The Bertz CT molecular complexity index is 281. The van der Waals surface area contributed by atoms with Crippen LogP contribution < -0.4 is 11.5 Å². The van der Waals surface area contributed by atoms with Crippen molar-refractivity contribution in [1.82, 2.24) is 0 Å². The van der Waals surface area contributed by atoms with Gasteiger partial charge in [-0.1, -0.05) is 31.4 Å². The zero-order valence-corrected chi connectivity index (χ0v) is 8.76. The third-order valence-corrected chi connectivity index (χ3v) is 3.46. The molecule has 0 radical (unpaired) electrons. The monoisotopic (exact) mass is 200 g/mol. The minimum absolute atomic E-state index is 0.0636. The van der Waals surface area contributed by atoms with Gasteiger partial charge in [0.25, 0.3) is 0 Å². The zero-order valence-electron chi connectivity index (χ0n) is 7.13. The van der Waals surface area contributed by atoms with Crippen LogP contribution in [-0.4, -0.2) is 15.8 Å². The van der Waals surface area contributed by atoms with Crippen LogP contribution in [0.4, 0.5) is 0 Å². The number of nitrogens with two attached hydrogens (primary N) is 2. The van der Waals surface area contributed by atoms with Crippen LogP contribution in [0.2, 0.25) is 0 Å². The summed E-state index contributed by atoms with van der Waals surface area (Å²) in [5.74, 6) is 0.0636. The fourth-order valence-electron chi connectivity index (χ4n) is 1.21. The summed E-state index contributed by atoms with van der Waals surface area (Å²) in [6.07, 6.45) is 0. The van der Waals surface area contributed by atoms with Gasteiger partial charge in [0.15, 0.2) is 0 Å². The molecular weight excluding hydrogens is 188 g/mol. The van der Waals surface area contributed by atoms with Crippen LogP contribution in [0, 0.1) is 5.92 Å². The highest BCUT2D eigenvalue weighted by atomic mass is 32.1. The molecule has 2 nitrogen and oxygen atoms in total. The molecule has 0 fully saturated rings. The maximum Gasteiger partial charge on any atom is 0.0601 e. The van der Waals surface area contributed by atoms with E-state index in [1.54, 1.807) is 0 Å². The van der Waals surface area contributed by atoms with Crippen LogP contribution >= 0.6 is 24.4 Å². The van der Waals surface area contributed by atoms with E-state index in [-0.39, 0.29) is 12.0 Å². The second kappa shape index (κ2) is 3.20. The molecule has 0 aromatic carbocycles. The topological polar surface area (TPSA) is 52.0 Å². The van der Waals surface area contributed by atoms with E-state index in [9.17, 15) is 0 Å². The standard InChI is InChI=1S/C8H12N2S2/c1-3-5(9)7(11)4(2)8(12)6(3)10/h4-5H,9-10H2,1-2H3. The quantitative estimate of drug-likeness (QED) is 0.571. The number of rotatable bonds is 0. The lowest BCUT2D eigenvalue weighted by atomic mass is 9.85. The Kier molecular flexibility index (Phi) is 2.61. The molecule has 1 rings (SSSR count). The van der Waals surface area contributed by atoms with Gasteiger partial charge in [0.1, 0.15) is 0 Å². The molecule has 0 spiro atoms. The molecule has 0 bridgehead atoms. The van der Waals surface area contributed by atoms with Crippen LogP contribution in [0.25, 0.3) is 0 Å². The van der Waals surface area contributed by atoms with E-state index in [0.717, 1.165) is 15.3 Å². The molecular formula is C8H12N2S2. The Morgan fingerprint density at radius 2 is 1.83 bits per heavy atom. The summed E-state index contributed by atoms with van der Waals surface area (Å²) in [7, 11) is 0. The molecule has 0 saturated carbocycles. The van der Waals surface area contributed by atoms with E-state index >= 15 is 0 Å². The summed E-state index contributed by atoms with van der Waals surface area (Å²) in [5.41, 5.74) is 13.1. The molecule has 4 heteroatoms. The number of allylic oxidation sites excluding steroid dienone is 1. The highest BCUT2D eigenvalue weighted by molar-refractivity contribution is 7.82. The average molecular weight is 200 g/mol. The van der Waals surface area contributed by atoms with Crippen LogP contribution in [0.3, 0.4) is 0 Å². The molecule has 0 heterocycles. The first-order valence-electron chi connectivity index (χ1n) is 3.76. The van der Waals surface area contributed by atoms with Crippen molar-refractivity contribution >= 4 is 34.2 Å². The fraction of sp³-hybridized carbons (Fsp3) is 0.500. The molecule has 2 atom stereocenters. The van der Waals surface area contributed by atoms with E-state index in [0.29, 0.717) is 5.70 Å². The molecule has 0 aromatic heterocycles. The SMILES string of the molecule is CC1=C(N)C(=S)C(C)C(=S)C1N. The van der Waals surface area contributed by atoms with Gasteiger partial charge in [-0.15, -0.1) is 0 Å². The zero-order chi connectivity index (χ0) is 9.46. The number of hydrogen-bond acceptors (Lipinski definition) is 4. The average Bonchev–Trinajstić information content (AvgIpc) is 2.08. The molecule has 1 aliphatic rings. The van der Waals surface area contributed by atoms with Gasteiger partial charge in [0.05, 0.1) is 6.04 Å². The van der Waals surface area contributed by atoms with Crippen molar-refractivity contribution in [2.75, 3.05) is 0 Å². The lowest BCUT2D eigenvalue weighted by molar-refractivity contribution is 0.898. The summed E-state index contributed by atoms with van der Waals surface area (Å²) < 4.78 is 0. The molecule has 0 aromatic rings. The van der Waals surface area contributed by atoms with Gasteiger partial charge in [-0.05, 0) is 12.5 Å². The molecule has 12 heavy (non-hydrogen) atoms. The second-order valence-corrected chi connectivity index (χ2v) is 3.97. The summed E-state index contributed by atoms with van der Waals surface area (Å²) in [6.45, 7) is 3.83. The minimum Gasteiger partial charge on any atom is -0.398 e. The maximum atomic E-state index is 5.83. The fourth-order valence-corrected chi connectivity index (χ4v) is 1.86. The van der Waals surface area contributed by atoms with Gasteiger partial charge >= 0.3 is 0 Å². The van der Waals surface area contributed by atoms with Crippen molar-refractivity contribution in [3.05, 3.63) is 11.3 Å². The van der Waals surface area contributed by atoms with Crippen molar-refractivity contribution in [3.8, 4) is 0 Å². The number of hydrogen-bond donors (Lipinski definition) is 2. The summed E-state index contributed by atoms with van der Waals surface area (Å²) in [5, 5.41) is 0. The Morgan fingerprint density at radius 3 is 2.33 bits per heavy atom. The highest BCUT2D eigenvalue weighted by Gasteiger charge is 2.29. The Hall–Kier alpha value is -0.320. The van der Waals surface area contributed by atoms with Crippen molar-refractivity contribution in [2.45, 2.75) is 19.9 Å². The Balaban J connectivity index is 3.17. The van der Waals surface area contributed by atoms with Crippen LogP contribution in [0.15, 0.2) is 11.3 Å². The first kappa shape index (κ1) is 9.77. The molecule has 4 N–H and O–H groups in total. The molecule has 0 aliphatic heterocycles. The van der Waals surface area contributed by atoms with Gasteiger partial charge in [-0.3, -0.25) is 0 Å². The minimum atomic E-state index is -0.193. The smallest absolute Gasteiger partial charge is 0.0601 e. The number of thiocarbonyl (C=S) groups is 2. The van der Waals surface area contributed by atoms with Gasteiger partial charge < -0.3 is 11.5 Å². The van der Waals surface area contributed by atoms with E-state index < -0.39 is 0 Å². The third kappa shape index (κ3) is 1.30. The Morgan fingerprint density at radius 1 is 1.33 bits per heavy atom. The molecule has 2 unspecified atom stereocenters. The van der Waals surface area contributed by atoms with Gasteiger partial charge in [-0.2, -0.15) is 0 Å². The van der Waals surface area contributed by atoms with Crippen molar-refractivity contribution in [2.24, 2.45) is 17.4 Å². The van der Waals surface area contributed by atoms with Crippen LogP contribution in [-0.2, 0) is 0 Å². The van der Waals surface area contributed by atoms with Gasteiger partial charge in [0, 0.05) is 21.3 Å². The lowest BCUT2D eigenvalue weighted by Gasteiger charge is -2.28. The lowest BCUT2D eigenvalue weighted by Crippen LogP contribution is -2.44. The van der Waals surface area contributed by atoms with Gasteiger partial charge in [-0.25, -0.2) is 0 Å². The van der Waals surface area contributed by atoms with Crippen molar-refractivity contribution < 1.29 is 0 Å². The van der Waals surface area contributed by atoms with E-state index in [1.165, 1.54) is 0 Å². The third-order valence-electron chi connectivity index (χ3n) is 2.28. The molecule has 66 valence electrons. The van der Waals surface area contributed by atoms with Crippen molar-refractivity contribution in [1.29, 1.82) is 0 Å². The highest BCUT2D eigenvalue weighted by Crippen LogP contribution is 2.22. The largest absolute Gasteiger partial charge is 0.398 e. The predicted octanol–water partition coefficient (Wildman–Crippen LogP) is 0.936. The Labute approximate surface area is 83.0 Å². The molecule has 1 aliphatic carbocycles. The van der Waals surface area contributed by atoms with E-state index in [4.69, 9.17) is 35.9 Å². The maximum absolute atomic E-state index is 5.83. The molecule has 0 amide bonds. The van der Waals surface area contributed by atoms with Crippen LogP contribution in [0.5, 0.6) is 0 Å². The molecule has 0 saturated heterocycles. The summed E-state index contributed by atoms with van der Waals surface area (Å²) >= 11 is 10.3. The second-order valence-electron chi connectivity index (χ2n) is 3.06. The van der Waals surface area contributed by atoms with E-state index in [2.05, 4.69) is 0 Å². The summed E-state index contributed by atoms with van der Waals surface area (Å²) in [6, 6.07) is -0.193. The van der Waals surface area contributed by atoms with Gasteiger partial charge in [0.2, 0.25) is 0 Å².